The van der Waals surface area contributed by atoms with E-state index in [1.54, 1.807) is 0 Å². The maximum absolute atomic E-state index is 11.9. The third-order valence-electron chi connectivity index (χ3n) is 4.90. The van der Waals surface area contributed by atoms with Crippen LogP contribution in [-0.4, -0.2) is 22.0 Å². The Kier molecular flexibility index (Phi) is 4.61. The van der Waals surface area contributed by atoms with Crippen molar-refractivity contribution in [3.8, 4) is 0 Å². The van der Waals surface area contributed by atoms with Crippen molar-refractivity contribution < 1.29 is 4.79 Å². The summed E-state index contributed by atoms with van der Waals surface area (Å²) in [5, 5.41) is 3.07. The Balaban J connectivity index is 1.43. The van der Waals surface area contributed by atoms with Crippen LogP contribution < -0.4 is 5.32 Å². The summed E-state index contributed by atoms with van der Waals surface area (Å²) < 4.78 is 2.33. The van der Waals surface area contributed by atoms with Gasteiger partial charge in [0.05, 0.1) is 0 Å². The summed E-state index contributed by atoms with van der Waals surface area (Å²) in [5.74, 6) is 2.83. The molecule has 0 bridgehead atoms. The number of nitrogens with zero attached hydrogens (tertiary/aromatic N) is 2. The van der Waals surface area contributed by atoms with Crippen molar-refractivity contribution in [1.82, 2.24) is 14.9 Å². The van der Waals surface area contributed by atoms with Crippen LogP contribution in [0.5, 0.6) is 0 Å². The molecule has 0 spiro atoms. The Labute approximate surface area is 127 Å². The first kappa shape index (κ1) is 14.6. The summed E-state index contributed by atoms with van der Waals surface area (Å²) in [6.07, 6.45) is 11.3. The maximum atomic E-state index is 11.9. The van der Waals surface area contributed by atoms with Crippen molar-refractivity contribution in [2.45, 2.75) is 64.8 Å². The van der Waals surface area contributed by atoms with E-state index >= 15 is 0 Å². The summed E-state index contributed by atoms with van der Waals surface area (Å²) in [4.78, 5) is 16.4. The van der Waals surface area contributed by atoms with Gasteiger partial charge in [0.2, 0.25) is 5.91 Å². The van der Waals surface area contributed by atoms with Crippen molar-refractivity contribution in [2.75, 3.05) is 6.54 Å². The number of carbonyl (C=O) groups excluding carboxylic acids is 1. The quantitative estimate of drug-likeness (QED) is 0.839. The van der Waals surface area contributed by atoms with Crippen LogP contribution in [0.25, 0.3) is 0 Å². The normalized spacial score (nSPS) is 19.1. The zero-order valence-electron chi connectivity index (χ0n) is 13.1. The van der Waals surface area contributed by atoms with E-state index in [9.17, 15) is 4.79 Å². The lowest BCUT2D eigenvalue weighted by Gasteiger charge is -2.11. The lowest BCUT2D eigenvalue weighted by molar-refractivity contribution is -0.121. The Bertz CT molecular complexity index is 484. The predicted molar refractivity (Wildman–Crippen MR) is 83.0 cm³/mol. The van der Waals surface area contributed by atoms with Gasteiger partial charge in [0.15, 0.2) is 0 Å². The molecule has 0 radical (unpaired) electrons. The minimum atomic E-state index is 0.221. The number of aryl methyl sites for hydroxylation is 1. The number of hydrogen-bond donors (Lipinski definition) is 1. The van der Waals surface area contributed by atoms with Crippen LogP contribution in [0.4, 0.5) is 0 Å². The Morgan fingerprint density at radius 3 is 2.76 bits per heavy atom. The lowest BCUT2D eigenvalue weighted by Crippen LogP contribution is -2.28. The largest absolute Gasteiger partial charge is 0.356 e. The van der Waals surface area contributed by atoms with Crippen molar-refractivity contribution in [2.24, 2.45) is 11.8 Å². The van der Waals surface area contributed by atoms with Gasteiger partial charge in [-0.3, -0.25) is 4.79 Å². The Hall–Kier alpha value is -1.32. The number of hydrogen-bond acceptors (Lipinski definition) is 2. The molecule has 2 fully saturated rings. The van der Waals surface area contributed by atoms with E-state index in [1.165, 1.54) is 44.2 Å². The highest BCUT2D eigenvalue weighted by Gasteiger charge is 2.23. The van der Waals surface area contributed by atoms with Crippen molar-refractivity contribution >= 4 is 5.91 Å². The molecule has 3 rings (SSSR count). The van der Waals surface area contributed by atoms with E-state index < -0.39 is 0 Å². The van der Waals surface area contributed by atoms with Crippen molar-refractivity contribution in [1.29, 1.82) is 0 Å². The number of rotatable bonds is 7. The molecule has 0 saturated heterocycles. The first-order valence-electron chi connectivity index (χ1n) is 8.50. The number of nitrogens with one attached hydrogen (secondary N) is 1. The van der Waals surface area contributed by atoms with E-state index in [1.807, 2.05) is 6.20 Å². The van der Waals surface area contributed by atoms with Gasteiger partial charge in [0.1, 0.15) is 5.82 Å². The second-order valence-electron chi connectivity index (χ2n) is 6.82. The van der Waals surface area contributed by atoms with Gasteiger partial charge in [-0.1, -0.05) is 12.8 Å². The van der Waals surface area contributed by atoms with Crippen molar-refractivity contribution in [3.63, 3.8) is 0 Å². The van der Waals surface area contributed by atoms with Crippen LogP contribution >= 0.6 is 0 Å². The van der Waals surface area contributed by atoms with Gasteiger partial charge < -0.3 is 9.88 Å². The summed E-state index contributed by atoms with van der Waals surface area (Å²) in [5.41, 5.74) is 1.24. The monoisotopic (exact) mass is 289 g/mol. The van der Waals surface area contributed by atoms with Gasteiger partial charge in [-0.15, -0.1) is 0 Å². The van der Waals surface area contributed by atoms with Crippen LogP contribution in [0.2, 0.25) is 0 Å². The fourth-order valence-corrected chi connectivity index (χ4v) is 3.38. The van der Waals surface area contributed by atoms with Gasteiger partial charge in [-0.25, -0.2) is 4.98 Å². The zero-order chi connectivity index (χ0) is 14.7. The van der Waals surface area contributed by atoms with Crippen LogP contribution in [0.3, 0.4) is 0 Å². The lowest BCUT2D eigenvalue weighted by atomic mass is 10.0. The summed E-state index contributed by atoms with van der Waals surface area (Å²) in [6, 6.07) is 0. The number of amides is 1. The average molecular weight is 289 g/mol. The second kappa shape index (κ2) is 6.63. The summed E-state index contributed by atoms with van der Waals surface area (Å²) in [6.45, 7) is 3.95. The molecule has 0 unspecified atom stereocenters. The molecular weight excluding hydrogens is 262 g/mol. The second-order valence-corrected chi connectivity index (χ2v) is 6.82. The first-order chi connectivity index (χ1) is 10.2. The molecule has 4 nitrogen and oxygen atoms in total. The first-order valence-corrected chi connectivity index (χ1v) is 8.50. The predicted octanol–water partition coefficient (Wildman–Crippen LogP) is 2.84. The molecule has 1 aromatic rings. The topological polar surface area (TPSA) is 46.9 Å². The Morgan fingerprint density at radius 2 is 2.05 bits per heavy atom. The molecular formula is C17H27N3O. The highest BCUT2D eigenvalue weighted by molar-refractivity contribution is 5.76. The molecule has 21 heavy (non-hydrogen) atoms. The van der Waals surface area contributed by atoms with E-state index in [-0.39, 0.29) is 5.91 Å². The number of imidazole rings is 1. The van der Waals surface area contributed by atoms with Crippen molar-refractivity contribution in [3.05, 3.63) is 17.7 Å². The molecule has 1 heterocycles. The van der Waals surface area contributed by atoms with E-state index in [4.69, 9.17) is 0 Å². The fourth-order valence-electron chi connectivity index (χ4n) is 3.38. The zero-order valence-corrected chi connectivity index (χ0v) is 13.1. The van der Waals surface area contributed by atoms with E-state index in [2.05, 4.69) is 21.8 Å². The molecule has 2 saturated carbocycles. The van der Waals surface area contributed by atoms with Gasteiger partial charge in [-0.2, -0.15) is 0 Å². The van der Waals surface area contributed by atoms with Crippen LogP contribution in [0.1, 0.15) is 56.5 Å². The third-order valence-corrected chi connectivity index (χ3v) is 4.90. The average Bonchev–Trinajstić information content (AvgIpc) is 3.02. The fraction of sp³-hybridized carbons (Fsp3) is 0.765. The van der Waals surface area contributed by atoms with Gasteiger partial charge in [-0.05, 0) is 44.4 Å². The molecule has 1 N–H and O–H groups in total. The number of carbonyl (C=O) groups is 1. The molecule has 1 amide bonds. The van der Waals surface area contributed by atoms with Crippen LogP contribution in [0, 0.1) is 18.8 Å². The maximum Gasteiger partial charge on any atom is 0.220 e. The molecule has 0 aliphatic heterocycles. The molecule has 1 aromatic heterocycles. The summed E-state index contributed by atoms with van der Waals surface area (Å²) in [7, 11) is 0. The van der Waals surface area contributed by atoms with E-state index in [0.29, 0.717) is 12.5 Å². The standard InChI is InChI=1S/C17H27N3O/c1-13-11-19-16(20(13)12-15-6-7-15)8-9-18-17(21)10-14-4-2-3-5-14/h11,14-15H,2-10,12H2,1H3,(H,18,21). The highest BCUT2D eigenvalue weighted by Crippen LogP contribution is 2.31. The van der Waals surface area contributed by atoms with Crippen LogP contribution in [0.15, 0.2) is 6.20 Å². The van der Waals surface area contributed by atoms with Gasteiger partial charge in [0, 0.05) is 37.8 Å². The molecule has 2 aliphatic carbocycles. The molecule has 4 heteroatoms. The smallest absolute Gasteiger partial charge is 0.220 e. The number of aromatic nitrogens is 2. The van der Waals surface area contributed by atoms with Crippen LogP contribution in [-0.2, 0) is 17.8 Å². The highest BCUT2D eigenvalue weighted by atomic mass is 16.1. The molecule has 2 aliphatic rings. The Morgan fingerprint density at radius 1 is 1.29 bits per heavy atom. The molecule has 0 atom stereocenters. The molecule has 0 aromatic carbocycles. The minimum absolute atomic E-state index is 0.221. The molecule has 116 valence electrons. The van der Waals surface area contributed by atoms with E-state index in [0.717, 1.165) is 31.1 Å². The minimum Gasteiger partial charge on any atom is -0.356 e. The summed E-state index contributed by atoms with van der Waals surface area (Å²) >= 11 is 0. The third kappa shape index (κ3) is 4.08. The SMILES string of the molecule is Cc1cnc(CCNC(=O)CC2CCCC2)n1CC1CC1. The van der Waals surface area contributed by atoms with Gasteiger partial charge in [0.25, 0.3) is 0 Å². The van der Waals surface area contributed by atoms with Gasteiger partial charge >= 0.3 is 0 Å².